The van der Waals surface area contributed by atoms with Gasteiger partial charge in [-0.25, -0.2) is 13.1 Å². The third-order valence-electron chi connectivity index (χ3n) is 4.32. The van der Waals surface area contributed by atoms with Gasteiger partial charge in [-0.2, -0.15) is 11.8 Å². The van der Waals surface area contributed by atoms with Gasteiger partial charge in [-0.1, -0.05) is 13.0 Å². The molecule has 1 unspecified atom stereocenters. The summed E-state index contributed by atoms with van der Waals surface area (Å²) in [7, 11) is -3.51. The predicted molar refractivity (Wildman–Crippen MR) is 97.1 cm³/mol. The van der Waals surface area contributed by atoms with Gasteiger partial charge in [0.15, 0.2) is 0 Å². The van der Waals surface area contributed by atoms with E-state index in [2.05, 4.69) is 10.0 Å². The van der Waals surface area contributed by atoms with Gasteiger partial charge in [-0.05, 0) is 24.1 Å². The van der Waals surface area contributed by atoms with Gasteiger partial charge in [0.1, 0.15) is 0 Å². The lowest BCUT2D eigenvalue weighted by atomic mass is 10.1. The van der Waals surface area contributed by atoms with Gasteiger partial charge in [0.2, 0.25) is 15.9 Å². The topological polar surface area (TPSA) is 78.5 Å². The van der Waals surface area contributed by atoms with Crippen LogP contribution in [0.2, 0.25) is 0 Å². The molecule has 1 aromatic rings. The minimum Gasteiger partial charge on any atom is -0.312 e. The zero-order chi connectivity index (χ0) is 17.2. The lowest BCUT2D eigenvalue weighted by Gasteiger charge is -2.25. The first kappa shape index (κ1) is 17.7. The van der Waals surface area contributed by atoms with Gasteiger partial charge >= 0.3 is 0 Å². The van der Waals surface area contributed by atoms with Crippen LogP contribution in [0, 0.1) is 0 Å². The summed E-state index contributed by atoms with van der Waals surface area (Å²) in [6.45, 7) is 3.64. The average Bonchev–Trinajstić information content (AvgIpc) is 2.99. The van der Waals surface area contributed by atoms with Crippen molar-refractivity contribution in [1.82, 2.24) is 10.0 Å². The van der Waals surface area contributed by atoms with Crippen LogP contribution in [0.5, 0.6) is 0 Å². The van der Waals surface area contributed by atoms with Gasteiger partial charge in [-0.3, -0.25) is 4.79 Å². The summed E-state index contributed by atoms with van der Waals surface area (Å²) in [6, 6.07) is 5.27. The number of anilines is 1. The average molecular weight is 370 g/mol. The highest BCUT2D eigenvalue weighted by Crippen LogP contribution is 2.31. The molecule has 24 heavy (non-hydrogen) atoms. The molecule has 2 N–H and O–H groups in total. The molecular formula is C16H23N3O3S2. The number of nitrogens with one attached hydrogen (secondary N) is 2. The molecular weight excluding hydrogens is 346 g/mol. The predicted octanol–water partition coefficient (Wildman–Crippen LogP) is 0.969. The fourth-order valence-corrected chi connectivity index (χ4v) is 5.14. The molecule has 2 aliphatic heterocycles. The van der Waals surface area contributed by atoms with Crippen molar-refractivity contribution in [2.75, 3.05) is 36.0 Å². The SMILES string of the molecule is CCNS(=O)(=O)c1ccc2c(c1)N(C(=O)CC1CSCCN1)CC2. The Hall–Kier alpha value is -1.09. The highest BCUT2D eigenvalue weighted by atomic mass is 32.2. The molecule has 1 saturated heterocycles. The third-order valence-corrected chi connectivity index (χ3v) is 6.99. The largest absolute Gasteiger partial charge is 0.312 e. The molecule has 132 valence electrons. The van der Waals surface area contributed by atoms with Gasteiger partial charge in [0.25, 0.3) is 0 Å². The number of sulfonamides is 1. The van der Waals surface area contributed by atoms with Crippen molar-refractivity contribution in [3.8, 4) is 0 Å². The molecule has 1 atom stereocenters. The van der Waals surface area contributed by atoms with E-state index in [1.807, 2.05) is 17.8 Å². The zero-order valence-electron chi connectivity index (χ0n) is 13.7. The van der Waals surface area contributed by atoms with Gasteiger partial charge < -0.3 is 10.2 Å². The first-order valence-corrected chi connectivity index (χ1v) is 10.9. The molecule has 2 heterocycles. The van der Waals surface area contributed by atoms with Crippen molar-refractivity contribution in [2.24, 2.45) is 0 Å². The number of carbonyl (C=O) groups is 1. The maximum absolute atomic E-state index is 12.7. The monoisotopic (exact) mass is 369 g/mol. The fourth-order valence-electron chi connectivity index (χ4n) is 3.13. The molecule has 0 bridgehead atoms. The Kier molecular flexibility index (Phi) is 5.49. The summed E-state index contributed by atoms with van der Waals surface area (Å²) in [5.41, 5.74) is 1.77. The Labute approximate surface area is 147 Å². The van der Waals surface area contributed by atoms with Crippen molar-refractivity contribution in [1.29, 1.82) is 0 Å². The van der Waals surface area contributed by atoms with E-state index >= 15 is 0 Å². The van der Waals surface area contributed by atoms with Crippen LogP contribution < -0.4 is 14.9 Å². The second kappa shape index (κ2) is 7.43. The zero-order valence-corrected chi connectivity index (χ0v) is 15.4. The van der Waals surface area contributed by atoms with Crippen LogP contribution in [0.3, 0.4) is 0 Å². The van der Waals surface area contributed by atoms with Crippen LogP contribution in [0.15, 0.2) is 23.1 Å². The molecule has 1 aromatic carbocycles. The molecule has 0 saturated carbocycles. The van der Waals surface area contributed by atoms with E-state index < -0.39 is 10.0 Å². The van der Waals surface area contributed by atoms with Gasteiger partial charge in [-0.15, -0.1) is 0 Å². The fraction of sp³-hybridized carbons (Fsp3) is 0.562. The molecule has 8 heteroatoms. The van der Waals surface area contributed by atoms with Crippen LogP contribution in [0.4, 0.5) is 5.69 Å². The molecule has 0 aromatic heterocycles. The van der Waals surface area contributed by atoms with E-state index in [0.717, 1.165) is 35.7 Å². The maximum atomic E-state index is 12.7. The van der Waals surface area contributed by atoms with Crippen LogP contribution in [0.1, 0.15) is 18.9 Å². The number of hydrogen-bond donors (Lipinski definition) is 2. The molecule has 1 fully saturated rings. The number of thioether (sulfide) groups is 1. The second-order valence-electron chi connectivity index (χ2n) is 6.02. The van der Waals surface area contributed by atoms with E-state index in [0.29, 0.717) is 19.5 Å². The van der Waals surface area contributed by atoms with Gasteiger partial charge in [0.05, 0.1) is 4.90 Å². The van der Waals surface area contributed by atoms with Crippen molar-refractivity contribution in [2.45, 2.75) is 30.7 Å². The molecule has 0 spiro atoms. The Morgan fingerprint density at radius 1 is 1.46 bits per heavy atom. The summed E-state index contributed by atoms with van der Waals surface area (Å²) in [4.78, 5) is 14.6. The molecule has 0 radical (unpaired) electrons. The Bertz CT molecular complexity index is 715. The Morgan fingerprint density at radius 3 is 3.00 bits per heavy atom. The first-order chi connectivity index (χ1) is 11.5. The Morgan fingerprint density at radius 2 is 2.29 bits per heavy atom. The molecule has 2 aliphatic rings. The molecule has 6 nitrogen and oxygen atoms in total. The molecule has 1 amide bonds. The number of amides is 1. The van der Waals surface area contributed by atoms with Gasteiger partial charge in [0, 0.05) is 49.3 Å². The Balaban J connectivity index is 1.78. The quantitative estimate of drug-likeness (QED) is 0.809. The van der Waals surface area contributed by atoms with E-state index in [1.54, 1.807) is 24.0 Å². The molecule has 3 rings (SSSR count). The summed E-state index contributed by atoms with van der Waals surface area (Å²) in [6.07, 6.45) is 1.23. The highest BCUT2D eigenvalue weighted by Gasteiger charge is 2.28. The van der Waals surface area contributed by atoms with E-state index in [4.69, 9.17) is 0 Å². The van der Waals surface area contributed by atoms with Crippen molar-refractivity contribution in [3.05, 3.63) is 23.8 Å². The number of hydrogen-bond acceptors (Lipinski definition) is 5. The normalized spacial score (nSPS) is 20.9. The number of fused-ring (bicyclic) bond motifs is 1. The minimum absolute atomic E-state index is 0.0618. The van der Waals surface area contributed by atoms with Crippen LogP contribution in [0.25, 0.3) is 0 Å². The summed E-state index contributed by atoms with van der Waals surface area (Å²) >= 11 is 1.86. The number of nitrogens with zero attached hydrogens (tertiary/aromatic N) is 1. The van der Waals surface area contributed by atoms with Crippen molar-refractivity contribution < 1.29 is 13.2 Å². The number of rotatable bonds is 5. The minimum atomic E-state index is -3.51. The summed E-state index contributed by atoms with van der Waals surface area (Å²) in [5, 5.41) is 3.38. The molecule has 0 aliphatic carbocycles. The standard InChI is InChI=1S/C16H23N3O3S2/c1-2-18-24(21,22)14-4-3-12-5-7-19(15(12)10-14)16(20)9-13-11-23-8-6-17-13/h3-4,10,13,17-18H,2,5-9,11H2,1H3. The van der Waals surface area contributed by atoms with Crippen LogP contribution >= 0.6 is 11.8 Å². The van der Waals surface area contributed by atoms with E-state index in [1.165, 1.54) is 0 Å². The van der Waals surface area contributed by atoms with Crippen molar-refractivity contribution in [3.63, 3.8) is 0 Å². The van der Waals surface area contributed by atoms with E-state index in [-0.39, 0.29) is 16.8 Å². The highest BCUT2D eigenvalue weighted by molar-refractivity contribution is 7.99. The second-order valence-corrected chi connectivity index (χ2v) is 8.93. The summed E-state index contributed by atoms with van der Waals surface area (Å²) in [5.74, 6) is 2.09. The van der Waals surface area contributed by atoms with Crippen LogP contribution in [-0.2, 0) is 21.2 Å². The lowest BCUT2D eigenvalue weighted by Crippen LogP contribution is -2.42. The van der Waals surface area contributed by atoms with E-state index in [9.17, 15) is 13.2 Å². The lowest BCUT2D eigenvalue weighted by molar-refractivity contribution is -0.118. The number of carbonyl (C=O) groups excluding carboxylic acids is 1. The maximum Gasteiger partial charge on any atom is 0.240 e. The van der Waals surface area contributed by atoms with Crippen LogP contribution in [-0.4, -0.2) is 51.5 Å². The first-order valence-electron chi connectivity index (χ1n) is 8.25. The third kappa shape index (κ3) is 3.77. The number of benzene rings is 1. The van der Waals surface area contributed by atoms with Crippen molar-refractivity contribution >= 4 is 33.4 Å². The summed E-state index contributed by atoms with van der Waals surface area (Å²) < 4.78 is 26.9. The smallest absolute Gasteiger partial charge is 0.240 e.